The molecule has 2 unspecified atom stereocenters. The summed E-state index contributed by atoms with van der Waals surface area (Å²) >= 11 is -0.616. The van der Waals surface area contributed by atoms with Crippen LogP contribution in [0.1, 0.15) is 61.4 Å². The zero-order valence-electron chi connectivity index (χ0n) is 25.3. The van der Waals surface area contributed by atoms with E-state index >= 15 is 0 Å². The van der Waals surface area contributed by atoms with Crippen LogP contribution in [0.2, 0.25) is 6.55 Å². The number of hydrogen-bond acceptors (Lipinski definition) is 1. The molecule has 4 aromatic carbocycles. The van der Waals surface area contributed by atoms with E-state index in [4.69, 9.17) is 4.43 Å². The van der Waals surface area contributed by atoms with E-state index in [9.17, 15) is 0 Å². The molecule has 0 amide bonds. The molecule has 0 fully saturated rings. The van der Waals surface area contributed by atoms with E-state index < -0.39 is 23.2 Å². The first kappa shape index (κ1) is 31.8. The normalized spacial score (nSPS) is 16.8. The molecule has 0 saturated carbocycles. The van der Waals surface area contributed by atoms with Gasteiger partial charge in [-0.05, 0) is 18.1 Å². The third-order valence-corrected chi connectivity index (χ3v) is 13.5. The topological polar surface area (TPSA) is 9.23 Å². The van der Waals surface area contributed by atoms with Gasteiger partial charge in [-0.25, -0.2) is 0 Å². The molecule has 0 aliphatic heterocycles. The second-order valence-corrected chi connectivity index (χ2v) is 15.0. The smallest absolute Gasteiger partial charge is 0.158 e. The summed E-state index contributed by atoms with van der Waals surface area (Å²) in [5, 5.41) is 0. The van der Waals surface area contributed by atoms with Crippen molar-refractivity contribution in [1.29, 1.82) is 0 Å². The van der Waals surface area contributed by atoms with E-state index in [1.54, 1.807) is 22.3 Å². The molecular formula is C39H42OSiZr. The van der Waals surface area contributed by atoms with Gasteiger partial charge in [0.2, 0.25) is 0 Å². The Morgan fingerprint density at radius 3 is 1.40 bits per heavy atom. The first-order valence-corrected chi connectivity index (χ1v) is 19.8. The molecule has 0 heterocycles. The third-order valence-electron chi connectivity index (χ3n) is 7.32. The predicted octanol–water partition coefficient (Wildman–Crippen LogP) is 9.95. The summed E-state index contributed by atoms with van der Waals surface area (Å²) in [6.07, 6.45) is 13.1. The number of allylic oxidation sites excluding steroid dienone is 4. The largest absolute Gasteiger partial charge is 0.425 e. The molecule has 0 aromatic heterocycles. The number of rotatable bonds is 7. The van der Waals surface area contributed by atoms with Crippen LogP contribution in [0, 0.1) is 0 Å². The SMILES string of the molecule is C(C=Cc1ccccc1)=Cc1ccccc1.CC1=Cc2ccccc2[CH]1[Zr][CH]1C(C)=Cc2ccccc21.CCO[SiH2]C. The van der Waals surface area contributed by atoms with Crippen LogP contribution in [0.3, 0.4) is 0 Å². The van der Waals surface area contributed by atoms with Crippen LogP contribution in [0.15, 0.2) is 132 Å². The molecule has 212 valence electrons. The first-order chi connectivity index (χ1) is 20.6. The van der Waals surface area contributed by atoms with Crippen molar-refractivity contribution in [2.45, 2.75) is 34.6 Å². The molecule has 0 spiro atoms. The van der Waals surface area contributed by atoms with Gasteiger partial charge in [-0.1, -0.05) is 91.5 Å². The maximum absolute atomic E-state index is 4.97. The van der Waals surface area contributed by atoms with Gasteiger partial charge >= 0.3 is 138 Å². The van der Waals surface area contributed by atoms with Gasteiger partial charge in [0.05, 0.1) is 0 Å². The summed E-state index contributed by atoms with van der Waals surface area (Å²) in [5.41, 5.74) is 11.7. The maximum Gasteiger partial charge on any atom is 0.158 e. The van der Waals surface area contributed by atoms with E-state index in [1.165, 1.54) is 22.3 Å². The van der Waals surface area contributed by atoms with Crippen molar-refractivity contribution < 1.29 is 27.7 Å². The van der Waals surface area contributed by atoms with E-state index in [0.29, 0.717) is 0 Å². The fourth-order valence-electron chi connectivity index (χ4n) is 5.23. The Morgan fingerprint density at radius 2 is 1.02 bits per heavy atom. The molecular weight excluding hydrogens is 604 g/mol. The summed E-state index contributed by atoms with van der Waals surface area (Å²) in [6, 6.07) is 38.5. The second-order valence-electron chi connectivity index (χ2n) is 10.4. The Bertz CT molecular complexity index is 1400. The minimum Gasteiger partial charge on any atom is -0.425 e. The first-order valence-electron chi connectivity index (χ1n) is 14.9. The minimum absolute atomic E-state index is 0.0860. The van der Waals surface area contributed by atoms with E-state index in [1.807, 2.05) is 43.3 Å². The average molecular weight is 646 g/mol. The third kappa shape index (κ3) is 9.20. The van der Waals surface area contributed by atoms with Gasteiger partial charge in [0.15, 0.2) is 9.76 Å². The summed E-state index contributed by atoms with van der Waals surface area (Å²) in [7, 11) is -0.0860. The van der Waals surface area contributed by atoms with E-state index in [2.05, 4.69) is 130 Å². The molecule has 0 N–H and O–H groups in total. The number of benzene rings is 4. The van der Waals surface area contributed by atoms with Crippen molar-refractivity contribution in [2.75, 3.05) is 6.61 Å². The fraction of sp³-hybridized carbons (Fsp3) is 0.179. The summed E-state index contributed by atoms with van der Waals surface area (Å²) in [5.74, 6) is 0. The second kappa shape index (κ2) is 17.1. The molecule has 3 heteroatoms. The standard InChI is InChI=1S/C16H14.2C10H9.C3H10OSi.Zr/c1-3-9-15(10-4-1)13-7-8-14-16-11-5-2-6-12-16;2*1-8-6-9-4-2-3-5-10(9)7-8;1-3-4-5-2;/h1-14H;2*2-7H,1H3;3,5H2,1-2H3;. The number of hydrogen-bond donors (Lipinski definition) is 0. The fourth-order valence-corrected chi connectivity index (χ4v) is 10.3. The van der Waals surface area contributed by atoms with Crippen LogP contribution in [0.4, 0.5) is 0 Å². The van der Waals surface area contributed by atoms with Crippen molar-refractivity contribution in [3.63, 3.8) is 0 Å². The Hall–Kier alpha value is -3.10. The molecule has 1 nitrogen and oxygen atoms in total. The molecule has 42 heavy (non-hydrogen) atoms. The quantitative estimate of drug-likeness (QED) is 0.144. The molecule has 2 aliphatic rings. The zero-order chi connectivity index (χ0) is 29.6. The molecule has 4 aromatic rings. The number of fused-ring (bicyclic) bond motifs is 2. The van der Waals surface area contributed by atoms with Crippen LogP contribution >= 0.6 is 0 Å². The Balaban J connectivity index is 0.000000171. The molecule has 6 rings (SSSR count). The van der Waals surface area contributed by atoms with Gasteiger partial charge in [0.1, 0.15) is 0 Å². The molecule has 2 aliphatic carbocycles. The van der Waals surface area contributed by atoms with Crippen LogP contribution in [0.25, 0.3) is 24.3 Å². The van der Waals surface area contributed by atoms with Crippen molar-refractivity contribution in [3.05, 3.63) is 166 Å². The van der Waals surface area contributed by atoms with Crippen LogP contribution in [-0.4, -0.2) is 16.4 Å². The average Bonchev–Trinajstić information content (AvgIpc) is 3.52. The molecule has 0 radical (unpaired) electrons. The summed E-state index contributed by atoms with van der Waals surface area (Å²) in [6.45, 7) is 9.71. The van der Waals surface area contributed by atoms with Crippen LogP contribution in [0.5, 0.6) is 0 Å². The van der Waals surface area contributed by atoms with Crippen molar-refractivity contribution in [1.82, 2.24) is 0 Å². The van der Waals surface area contributed by atoms with E-state index in [-0.39, 0.29) is 9.76 Å². The predicted molar refractivity (Wildman–Crippen MR) is 183 cm³/mol. The zero-order valence-corrected chi connectivity index (χ0v) is 29.2. The maximum atomic E-state index is 4.97. The van der Waals surface area contributed by atoms with Crippen molar-refractivity contribution in [2.24, 2.45) is 0 Å². The Kier molecular flexibility index (Phi) is 13.0. The van der Waals surface area contributed by atoms with Crippen molar-refractivity contribution >= 4 is 34.1 Å². The van der Waals surface area contributed by atoms with E-state index in [0.717, 1.165) is 13.9 Å². The van der Waals surface area contributed by atoms with Crippen LogP contribution in [-0.2, 0) is 27.7 Å². The van der Waals surface area contributed by atoms with Gasteiger partial charge in [-0.2, -0.15) is 0 Å². The monoisotopic (exact) mass is 644 g/mol. The molecule has 2 atom stereocenters. The van der Waals surface area contributed by atoms with Gasteiger partial charge in [0, 0.05) is 6.61 Å². The van der Waals surface area contributed by atoms with Gasteiger partial charge in [-0.15, -0.1) is 0 Å². The minimum atomic E-state index is -0.616. The van der Waals surface area contributed by atoms with Crippen LogP contribution < -0.4 is 0 Å². The summed E-state index contributed by atoms with van der Waals surface area (Å²) in [4.78, 5) is 0. The summed E-state index contributed by atoms with van der Waals surface area (Å²) < 4.78 is 6.45. The van der Waals surface area contributed by atoms with Gasteiger partial charge in [0.25, 0.3) is 0 Å². The van der Waals surface area contributed by atoms with Crippen molar-refractivity contribution in [3.8, 4) is 0 Å². The Morgan fingerprint density at radius 1 is 0.619 bits per heavy atom. The van der Waals surface area contributed by atoms with Gasteiger partial charge in [-0.3, -0.25) is 0 Å². The Labute approximate surface area is 267 Å². The van der Waals surface area contributed by atoms with Gasteiger partial charge < -0.3 is 4.43 Å². The molecule has 0 bridgehead atoms. The molecule has 0 saturated heterocycles.